The van der Waals surface area contributed by atoms with E-state index < -0.39 is 51.0 Å². The first-order valence-corrected chi connectivity index (χ1v) is 13.0. The van der Waals surface area contributed by atoms with E-state index in [9.17, 15) is 43.7 Å². The fourth-order valence-electron chi connectivity index (χ4n) is 3.74. The van der Waals surface area contributed by atoms with Gasteiger partial charge in [-0.05, 0) is 12.1 Å². The Balaban J connectivity index is 2.40. The quantitative estimate of drug-likeness (QED) is 0.117. The molecule has 0 bridgehead atoms. The normalized spacial score (nSPS) is 13.1. The number of hydrogen-bond acceptors (Lipinski definition) is 8. The van der Waals surface area contributed by atoms with Crippen molar-refractivity contribution in [1.29, 1.82) is 0 Å². The zero-order valence-corrected chi connectivity index (χ0v) is 18.5. The largest absolute Gasteiger partial charge is 0.423 e. The van der Waals surface area contributed by atoms with Gasteiger partial charge < -0.3 is 4.74 Å². The van der Waals surface area contributed by atoms with Gasteiger partial charge in [-0.3, -0.25) is 13.7 Å². The molecule has 172 valence electrons. The van der Waals surface area contributed by atoms with Gasteiger partial charge in [0, 0.05) is 44.5 Å². The maximum Gasteiger partial charge on any atom is 0.335 e. The molecule has 11 nitrogen and oxygen atoms in total. The van der Waals surface area contributed by atoms with Crippen LogP contribution >= 0.6 is 0 Å². The second-order valence-corrected chi connectivity index (χ2v) is 11.0. The summed E-state index contributed by atoms with van der Waals surface area (Å²) in [6.45, 7) is 3.24. The molecule has 4 rings (SSSR count). The third-order valence-electron chi connectivity index (χ3n) is 4.96. The van der Waals surface area contributed by atoms with Crippen molar-refractivity contribution in [3.63, 3.8) is 0 Å². The van der Waals surface area contributed by atoms with Crippen molar-refractivity contribution in [1.82, 2.24) is 0 Å². The fourth-order valence-corrected chi connectivity index (χ4v) is 5.95. The highest BCUT2D eigenvalue weighted by atomic mass is 32.2. The fraction of sp³-hybridized carbons (Fsp3) is 0. The summed E-state index contributed by atoms with van der Waals surface area (Å²) in [6, 6.07) is 6.10. The molecule has 14 heteroatoms. The molecule has 0 fully saturated rings. The molecule has 0 amide bonds. The molecule has 0 spiro atoms. The Morgan fingerprint density at radius 2 is 1.06 bits per heavy atom. The minimum Gasteiger partial charge on any atom is -0.423 e. The number of ether oxygens (including phenoxy) is 1. The van der Waals surface area contributed by atoms with E-state index in [2.05, 4.69) is 6.58 Å². The van der Waals surface area contributed by atoms with Crippen LogP contribution < -0.4 is 4.74 Å². The first-order valence-electron chi connectivity index (χ1n) is 8.70. The van der Waals surface area contributed by atoms with Gasteiger partial charge in [-0.25, -0.2) is 4.79 Å². The van der Waals surface area contributed by atoms with Gasteiger partial charge in [-0.15, -0.1) is 0 Å². The van der Waals surface area contributed by atoms with Gasteiger partial charge in [0.25, 0.3) is 30.4 Å². The molecule has 0 aliphatic rings. The van der Waals surface area contributed by atoms with Gasteiger partial charge in [0.1, 0.15) is 20.4 Å². The van der Waals surface area contributed by atoms with Crippen LogP contribution in [0.5, 0.6) is 5.75 Å². The molecule has 3 N–H and O–H groups in total. The third kappa shape index (κ3) is 3.72. The molecule has 0 radical (unpaired) electrons. The van der Waals surface area contributed by atoms with Crippen LogP contribution in [0.15, 0.2) is 63.7 Å². The van der Waals surface area contributed by atoms with Crippen LogP contribution in [0.3, 0.4) is 0 Å². The van der Waals surface area contributed by atoms with Crippen LogP contribution in [-0.2, 0) is 35.1 Å². The van der Waals surface area contributed by atoms with Crippen LogP contribution in [0.2, 0.25) is 0 Å². The number of carbonyl (C=O) groups excluding carboxylic acids is 1. The predicted molar refractivity (Wildman–Crippen MR) is 115 cm³/mol. The number of rotatable bonds is 5. The monoisotopic (exact) mass is 512 g/mol. The SMILES string of the molecule is C=CC(=O)Oc1cc(S(=O)(=O)O)c2ccc3c(S(=O)(=O)O)cc(S(=O)(=O)O)c4ccc1c2c43. The van der Waals surface area contributed by atoms with Crippen molar-refractivity contribution in [2.24, 2.45) is 0 Å². The summed E-state index contributed by atoms with van der Waals surface area (Å²) in [5.41, 5.74) is 0. The molecule has 4 aromatic rings. The van der Waals surface area contributed by atoms with Crippen LogP contribution in [0, 0.1) is 0 Å². The van der Waals surface area contributed by atoms with Gasteiger partial charge >= 0.3 is 5.97 Å². The molecule has 0 aromatic heterocycles. The summed E-state index contributed by atoms with van der Waals surface area (Å²) in [6.07, 6.45) is 0.790. The lowest BCUT2D eigenvalue weighted by molar-refractivity contribution is -0.128. The Labute approximate surface area is 186 Å². The van der Waals surface area contributed by atoms with Crippen molar-refractivity contribution < 1.29 is 48.4 Å². The molecule has 0 heterocycles. The van der Waals surface area contributed by atoms with Crippen LogP contribution in [0.1, 0.15) is 0 Å². The molecular formula is C19H12O11S3. The maximum atomic E-state index is 12.1. The molecular weight excluding hydrogens is 500 g/mol. The highest BCUT2D eigenvalue weighted by molar-refractivity contribution is 7.87. The summed E-state index contributed by atoms with van der Waals surface area (Å²) in [4.78, 5) is 9.32. The number of esters is 1. The number of benzene rings is 4. The molecule has 0 unspecified atom stereocenters. The lowest BCUT2D eigenvalue weighted by Gasteiger charge is -2.18. The molecule has 0 saturated heterocycles. The van der Waals surface area contributed by atoms with Crippen molar-refractivity contribution in [3.05, 3.63) is 49.1 Å². The van der Waals surface area contributed by atoms with Crippen molar-refractivity contribution in [2.45, 2.75) is 14.7 Å². The summed E-state index contributed by atoms with van der Waals surface area (Å²) in [5.74, 6) is -1.34. The average molecular weight is 512 g/mol. The zero-order chi connectivity index (χ0) is 24.5. The minimum absolute atomic E-state index is 0.0412. The summed E-state index contributed by atoms with van der Waals surface area (Å²) in [5, 5.41) is -0.855. The smallest absolute Gasteiger partial charge is 0.335 e. The Morgan fingerprint density at radius 3 is 1.45 bits per heavy atom. The van der Waals surface area contributed by atoms with E-state index in [1.54, 1.807) is 0 Å². The first kappa shape index (κ1) is 23.0. The predicted octanol–water partition coefficient (Wildman–Crippen LogP) is 2.42. The van der Waals surface area contributed by atoms with Gasteiger partial charge in [-0.1, -0.05) is 24.8 Å². The molecule has 4 aromatic carbocycles. The van der Waals surface area contributed by atoms with Gasteiger partial charge in [0.2, 0.25) is 0 Å². The first-order chi connectivity index (χ1) is 15.1. The van der Waals surface area contributed by atoms with Crippen LogP contribution in [0.25, 0.3) is 32.3 Å². The van der Waals surface area contributed by atoms with Gasteiger partial charge in [0.05, 0.1) is 0 Å². The minimum atomic E-state index is -5.02. The zero-order valence-electron chi connectivity index (χ0n) is 16.1. The van der Waals surface area contributed by atoms with Crippen LogP contribution in [-0.4, -0.2) is 44.9 Å². The van der Waals surface area contributed by atoms with E-state index >= 15 is 0 Å². The standard InChI is InChI=1S/C19H12O11S3/c1-2-17(20)30-13-7-14(31(21,22)23)10-5-6-12-16(33(27,28)29)8-15(32(24,25)26)11-4-3-9(13)18(10)19(11)12/h2-8H,1H2,(H,21,22,23)(H,24,25,26)(H,27,28,29). The van der Waals surface area contributed by atoms with Crippen LogP contribution in [0.4, 0.5) is 0 Å². The molecule has 0 aliphatic carbocycles. The number of carbonyl (C=O) groups is 1. The van der Waals surface area contributed by atoms with E-state index in [4.69, 9.17) is 4.74 Å². The topological polar surface area (TPSA) is 189 Å². The van der Waals surface area contributed by atoms with E-state index in [1.807, 2.05) is 0 Å². The van der Waals surface area contributed by atoms with E-state index in [0.717, 1.165) is 24.3 Å². The maximum absolute atomic E-state index is 12.1. The van der Waals surface area contributed by atoms with Gasteiger partial charge in [-0.2, -0.15) is 25.3 Å². The second-order valence-electron chi connectivity index (χ2n) is 6.87. The number of hydrogen-bond donors (Lipinski definition) is 3. The summed E-state index contributed by atoms with van der Waals surface area (Å²) >= 11 is 0. The van der Waals surface area contributed by atoms with Crippen molar-refractivity contribution in [2.75, 3.05) is 0 Å². The lowest BCUT2D eigenvalue weighted by Crippen LogP contribution is -2.08. The lowest BCUT2D eigenvalue weighted by atomic mass is 9.93. The molecule has 0 saturated carbocycles. The average Bonchev–Trinajstić information content (AvgIpc) is 2.69. The van der Waals surface area contributed by atoms with Crippen molar-refractivity contribution in [3.8, 4) is 5.75 Å². The Kier molecular flexibility index (Phi) is 5.01. The van der Waals surface area contributed by atoms with E-state index in [-0.39, 0.29) is 38.1 Å². The second kappa shape index (κ2) is 7.18. The highest BCUT2D eigenvalue weighted by Gasteiger charge is 2.28. The summed E-state index contributed by atoms with van der Waals surface area (Å²) in [7, 11) is -15.0. The molecule has 0 atom stereocenters. The highest BCUT2D eigenvalue weighted by Crippen LogP contribution is 2.45. The van der Waals surface area contributed by atoms with E-state index in [1.165, 1.54) is 12.1 Å². The Bertz CT molecular complexity index is 1780. The Hall–Kier alpha value is -3.14. The van der Waals surface area contributed by atoms with Crippen molar-refractivity contribution >= 4 is 68.6 Å². The van der Waals surface area contributed by atoms with Gasteiger partial charge in [0.15, 0.2) is 0 Å². The molecule has 0 aliphatic heterocycles. The summed E-state index contributed by atoms with van der Waals surface area (Å²) < 4.78 is 106. The Morgan fingerprint density at radius 1 is 0.697 bits per heavy atom. The van der Waals surface area contributed by atoms with E-state index in [0.29, 0.717) is 6.07 Å². The third-order valence-corrected chi connectivity index (χ3v) is 7.64. The molecule has 33 heavy (non-hydrogen) atoms.